The maximum Gasteiger partial charge on any atom is 0.260 e. The van der Waals surface area contributed by atoms with Gasteiger partial charge >= 0.3 is 0 Å². The molecule has 42 heavy (non-hydrogen) atoms. The maximum atomic E-state index is 13.1. The molecule has 8 nitrogen and oxygen atoms in total. The third-order valence-corrected chi connectivity index (χ3v) is 9.74. The lowest BCUT2D eigenvalue weighted by Gasteiger charge is -2.21. The smallest absolute Gasteiger partial charge is 0.260 e. The van der Waals surface area contributed by atoms with E-state index in [9.17, 15) is 14.1 Å². The zero-order chi connectivity index (χ0) is 29.6. The van der Waals surface area contributed by atoms with E-state index < -0.39 is 11.2 Å². The molecule has 5 rings (SSSR count). The Hall–Kier alpha value is -3.70. The highest BCUT2D eigenvalue weighted by molar-refractivity contribution is 7.91. The number of rotatable bonds is 11. The number of fused-ring (bicyclic) bond motifs is 2. The third-order valence-electron chi connectivity index (χ3n) is 7.18. The normalized spacial score (nSPS) is 14.9. The zero-order valence-corrected chi connectivity index (χ0v) is 25.5. The van der Waals surface area contributed by atoms with Crippen molar-refractivity contribution in [3.05, 3.63) is 88.9 Å². The number of aromatic nitrogens is 1. The summed E-state index contributed by atoms with van der Waals surface area (Å²) in [5, 5.41) is 6.58. The summed E-state index contributed by atoms with van der Waals surface area (Å²) in [4.78, 5) is 34.4. The number of hydrogen-bond donors (Lipinski definition) is 2. The second kappa shape index (κ2) is 13.5. The summed E-state index contributed by atoms with van der Waals surface area (Å²) in [6.45, 7) is 9.86. The van der Waals surface area contributed by atoms with Crippen molar-refractivity contribution >= 4 is 40.0 Å². The lowest BCUT2D eigenvalue weighted by molar-refractivity contribution is 0.0949. The van der Waals surface area contributed by atoms with Crippen molar-refractivity contribution in [3.8, 4) is 16.3 Å². The predicted octanol–water partition coefficient (Wildman–Crippen LogP) is 5.97. The molecule has 0 bridgehead atoms. The van der Waals surface area contributed by atoms with Crippen molar-refractivity contribution in [1.29, 1.82) is 0 Å². The zero-order valence-electron chi connectivity index (χ0n) is 23.9. The quantitative estimate of drug-likeness (QED) is 0.205. The van der Waals surface area contributed by atoms with Crippen molar-refractivity contribution in [2.45, 2.75) is 49.6 Å². The van der Waals surface area contributed by atoms with E-state index >= 15 is 0 Å². The fourth-order valence-electron chi connectivity index (χ4n) is 4.72. The van der Waals surface area contributed by atoms with Gasteiger partial charge in [0.15, 0.2) is 9.79 Å². The van der Waals surface area contributed by atoms with Crippen molar-refractivity contribution < 1.29 is 18.9 Å². The number of nitrogens with zero attached hydrogens (tertiary/aromatic N) is 2. The Bertz CT molecular complexity index is 1550. The number of amides is 2. The van der Waals surface area contributed by atoms with Crippen LogP contribution in [0.4, 0.5) is 5.69 Å². The van der Waals surface area contributed by atoms with Crippen molar-refractivity contribution in [1.82, 2.24) is 15.2 Å². The Balaban J connectivity index is 1.17. The molecule has 0 saturated heterocycles. The molecule has 10 heteroatoms. The molecule has 218 valence electrons. The summed E-state index contributed by atoms with van der Waals surface area (Å²) < 4.78 is 19.2. The van der Waals surface area contributed by atoms with Gasteiger partial charge in [0.05, 0.1) is 23.9 Å². The first-order valence-electron chi connectivity index (χ1n) is 14.0. The largest absolute Gasteiger partial charge is 0.606 e. The molecule has 2 amide bonds. The van der Waals surface area contributed by atoms with E-state index in [0.29, 0.717) is 33.2 Å². The molecular formula is C32H34N4O4S2. The van der Waals surface area contributed by atoms with Crippen LogP contribution in [0.3, 0.4) is 0 Å². The van der Waals surface area contributed by atoms with Crippen LogP contribution in [0.5, 0.6) is 5.75 Å². The molecule has 2 heterocycles. The number of hydrogen-bond acceptors (Lipinski definition) is 7. The molecule has 3 aromatic carbocycles. The van der Waals surface area contributed by atoms with Crippen LogP contribution < -0.4 is 15.4 Å². The van der Waals surface area contributed by atoms with Gasteiger partial charge in [-0.15, -0.1) is 11.3 Å². The van der Waals surface area contributed by atoms with Gasteiger partial charge in [-0.05, 0) is 81.0 Å². The Morgan fingerprint density at radius 2 is 1.86 bits per heavy atom. The number of nitrogens with one attached hydrogen (secondary N) is 2. The summed E-state index contributed by atoms with van der Waals surface area (Å²) in [7, 11) is 0. The molecule has 0 saturated carbocycles. The molecular weight excluding hydrogens is 569 g/mol. The number of thiazole rings is 1. The van der Waals surface area contributed by atoms with Gasteiger partial charge in [0.1, 0.15) is 10.8 Å². The Kier molecular flexibility index (Phi) is 9.58. The number of carbonyl (C=O) groups is 2. The minimum Gasteiger partial charge on any atom is -0.606 e. The number of benzene rings is 3. The van der Waals surface area contributed by atoms with Gasteiger partial charge in [-0.1, -0.05) is 26.0 Å². The van der Waals surface area contributed by atoms with Gasteiger partial charge in [-0.2, -0.15) is 0 Å². The van der Waals surface area contributed by atoms with E-state index in [-0.39, 0.29) is 17.9 Å². The molecule has 1 aromatic heterocycles. The first-order chi connectivity index (χ1) is 20.4. The Morgan fingerprint density at radius 1 is 1.10 bits per heavy atom. The summed E-state index contributed by atoms with van der Waals surface area (Å²) in [6.07, 6.45) is 2.86. The highest BCUT2D eigenvalue weighted by Gasteiger charge is 2.30. The van der Waals surface area contributed by atoms with Gasteiger partial charge in [0, 0.05) is 39.9 Å². The van der Waals surface area contributed by atoms with Gasteiger partial charge in [0.2, 0.25) is 0 Å². The monoisotopic (exact) mass is 602 g/mol. The lowest BCUT2D eigenvalue weighted by atomic mass is 10.1. The molecule has 2 atom stereocenters. The average molecular weight is 603 g/mol. The van der Waals surface area contributed by atoms with E-state index in [1.165, 1.54) is 11.3 Å². The molecule has 1 aliphatic rings. The second-order valence-electron chi connectivity index (χ2n) is 10.0. The summed E-state index contributed by atoms with van der Waals surface area (Å²) in [5.41, 5.74) is 2.08. The minimum atomic E-state index is -1.54. The molecule has 0 spiro atoms. The van der Waals surface area contributed by atoms with E-state index in [2.05, 4.69) is 41.3 Å². The second-order valence-corrected chi connectivity index (χ2v) is 12.5. The fraction of sp³-hybridized carbons (Fsp3) is 0.281. The molecule has 4 aromatic rings. The van der Waals surface area contributed by atoms with E-state index in [1.54, 1.807) is 48.7 Å². The molecule has 2 unspecified atom stereocenters. The molecule has 0 fully saturated rings. The van der Waals surface area contributed by atoms with E-state index in [1.807, 2.05) is 24.3 Å². The van der Waals surface area contributed by atoms with Crippen molar-refractivity contribution in [2.24, 2.45) is 0 Å². The lowest BCUT2D eigenvalue weighted by Crippen LogP contribution is -2.27. The van der Waals surface area contributed by atoms with Crippen LogP contribution in [-0.4, -0.2) is 52.0 Å². The minimum absolute atomic E-state index is 0.126. The fourth-order valence-corrected chi connectivity index (χ4v) is 6.88. The van der Waals surface area contributed by atoms with Crippen LogP contribution >= 0.6 is 11.3 Å². The van der Waals surface area contributed by atoms with E-state index in [4.69, 9.17) is 4.74 Å². The standard InChI is InChI=1S/C32H34N4O4S2/c1-4-36(5-2)17-16-21(3)40-24-13-10-22(11-14-24)32-34-20-25(41-32)19-33-30(37)23-12-15-29-27(18-23)35-31(38)26-8-6-7-9-28(26)42(29)39/h6-15,18,20-21H,4-5,16-17,19H2,1-3H3,(H,33,37)(H,35,38). The average Bonchev–Trinajstić information content (AvgIpc) is 3.45. The highest BCUT2D eigenvalue weighted by Crippen LogP contribution is 2.34. The summed E-state index contributed by atoms with van der Waals surface area (Å²) >= 11 is -0.0295. The van der Waals surface area contributed by atoms with Crippen LogP contribution in [0.25, 0.3) is 10.6 Å². The van der Waals surface area contributed by atoms with Crippen molar-refractivity contribution in [3.63, 3.8) is 0 Å². The third kappa shape index (κ3) is 6.84. The van der Waals surface area contributed by atoms with Crippen LogP contribution in [0.2, 0.25) is 0 Å². The van der Waals surface area contributed by atoms with Crippen LogP contribution in [0.1, 0.15) is 52.8 Å². The topological polar surface area (TPSA) is 107 Å². The molecule has 0 radical (unpaired) electrons. The number of carbonyl (C=O) groups excluding carboxylic acids is 2. The molecule has 0 aliphatic carbocycles. The SMILES string of the molecule is CCN(CC)CCC(C)Oc1ccc(-c2ncc(CNC(=O)c3ccc4c(c3)NC(=O)c3ccccc3[S+]4[O-])s2)cc1. The highest BCUT2D eigenvalue weighted by atomic mass is 32.2. The predicted molar refractivity (Wildman–Crippen MR) is 167 cm³/mol. The van der Waals surface area contributed by atoms with Crippen LogP contribution in [0.15, 0.2) is 82.7 Å². The Morgan fingerprint density at radius 3 is 2.62 bits per heavy atom. The van der Waals surface area contributed by atoms with Crippen LogP contribution in [-0.2, 0) is 17.7 Å². The molecule has 2 N–H and O–H groups in total. The van der Waals surface area contributed by atoms with Crippen molar-refractivity contribution in [2.75, 3.05) is 25.0 Å². The van der Waals surface area contributed by atoms with E-state index in [0.717, 1.165) is 47.3 Å². The van der Waals surface area contributed by atoms with Gasteiger partial charge in [-0.25, -0.2) is 4.98 Å². The summed E-state index contributed by atoms with van der Waals surface area (Å²) in [6, 6.07) is 19.6. The molecule has 1 aliphatic heterocycles. The van der Waals surface area contributed by atoms with Gasteiger partial charge < -0.3 is 24.8 Å². The first-order valence-corrected chi connectivity index (χ1v) is 16.0. The van der Waals surface area contributed by atoms with Gasteiger partial charge in [0.25, 0.3) is 11.8 Å². The first kappa shape index (κ1) is 29.8. The number of anilines is 1. The maximum absolute atomic E-state index is 13.1. The summed E-state index contributed by atoms with van der Waals surface area (Å²) in [5.74, 6) is 0.183. The van der Waals surface area contributed by atoms with Crippen LogP contribution in [0, 0.1) is 0 Å². The van der Waals surface area contributed by atoms with Gasteiger partial charge in [-0.3, -0.25) is 9.59 Å². The number of ether oxygens (including phenoxy) is 1. The Labute approximate surface area is 253 Å².